The van der Waals surface area contributed by atoms with E-state index >= 15 is 0 Å². The van der Waals surface area contributed by atoms with Crippen LogP contribution in [-0.4, -0.2) is 21.3 Å². The highest BCUT2D eigenvalue weighted by molar-refractivity contribution is 9.11. The van der Waals surface area contributed by atoms with Crippen LogP contribution >= 0.6 is 31.9 Å². The number of aromatic nitrogens is 2. The van der Waals surface area contributed by atoms with Crippen LogP contribution in [0.5, 0.6) is 0 Å². The van der Waals surface area contributed by atoms with Gasteiger partial charge in [0, 0.05) is 6.61 Å². The van der Waals surface area contributed by atoms with Crippen molar-refractivity contribution in [2.24, 2.45) is 0 Å². The Hall–Kier alpha value is -0.470. The second-order valence-electron chi connectivity index (χ2n) is 3.45. The van der Waals surface area contributed by atoms with Crippen LogP contribution in [0.3, 0.4) is 0 Å². The first-order valence-corrected chi connectivity index (χ1v) is 6.39. The number of halogens is 2. The molecule has 1 aromatic heterocycles. The minimum Gasteiger partial charge on any atom is -0.356 e. The third-order valence-corrected chi connectivity index (χ3v) is 3.67. The SMILES string of the molecule is O=[N+]([O-])c1c(Br)nn(C2CCCCO2)c1Br. The smallest absolute Gasteiger partial charge is 0.335 e. The maximum atomic E-state index is 10.8. The van der Waals surface area contributed by atoms with E-state index in [0.29, 0.717) is 11.2 Å². The number of hydrogen-bond donors (Lipinski definition) is 0. The van der Waals surface area contributed by atoms with Crippen molar-refractivity contribution < 1.29 is 9.66 Å². The van der Waals surface area contributed by atoms with Crippen LogP contribution in [0.1, 0.15) is 25.5 Å². The third kappa shape index (κ3) is 2.14. The van der Waals surface area contributed by atoms with Gasteiger partial charge in [0.25, 0.3) is 0 Å². The quantitative estimate of drug-likeness (QED) is 0.604. The molecule has 1 aliphatic heterocycles. The Morgan fingerprint density at radius 3 is 2.75 bits per heavy atom. The summed E-state index contributed by atoms with van der Waals surface area (Å²) in [5.41, 5.74) is -0.0610. The summed E-state index contributed by atoms with van der Waals surface area (Å²) in [6.07, 6.45) is 2.68. The van der Waals surface area contributed by atoms with Gasteiger partial charge >= 0.3 is 5.69 Å². The summed E-state index contributed by atoms with van der Waals surface area (Å²) >= 11 is 6.26. The summed E-state index contributed by atoms with van der Waals surface area (Å²) in [6.45, 7) is 0.669. The van der Waals surface area contributed by atoms with Crippen LogP contribution in [-0.2, 0) is 4.74 Å². The molecule has 16 heavy (non-hydrogen) atoms. The van der Waals surface area contributed by atoms with E-state index < -0.39 is 4.92 Å². The lowest BCUT2D eigenvalue weighted by Gasteiger charge is -2.22. The standard InChI is InChI=1S/C8H9Br2N3O3/c9-7-6(13(14)15)8(10)12(11-7)5-3-1-2-4-16-5/h5H,1-4H2. The van der Waals surface area contributed by atoms with Crippen molar-refractivity contribution in [2.45, 2.75) is 25.5 Å². The fraction of sp³-hybridized carbons (Fsp3) is 0.625. The molecule has 0 aliphatic carbocycles. The van der Waals surface area contributed by atoms with Crippen molar-refractivity contribution in [3.8, 4) is 0 Å². The van der Waals surface area contributed by atoms with Crippen LogP contribution in [0.2, 0.25) is 0 Å². The molecule has 1 aliphatic rings. The number of hydrogen-bond acceptors (Lipinski definition) is 4. The van der Waals surface area contributed by atoms with E-state index in [1.54, 1.807) is 0 Å². The van der Waals surface area contributed by atoms with E-state index in [4.69, 9.17) is 4.74 Å². The molecule has 1 aromatic rings. The summed E-state index contributed by atoms with van der Waals surface area (Å²) in [6, 6.07) is 0. The molecule has 0 saturated carbocycles. The Bertz CT molecular complexity index is 415. The molecule has 2 heterocycles. The Balaban J connectivity index is 2.34. The van der Waals surface area contributed by atoms with Gasteiger partial charge in [-0.05, 0) is 51.1 Å². The van der Waals surface area contributed by atoms with Gasteiger partial charge in [-0.2, -0.15) is 5.10 Å². The van der Waals surface area contributed by atoms with Crippen molar-refractivity contribution in [2.75, 3.05) is 6.61 Å². The zero-order valence-corrected chi connectivity index (χ0v) is 11.4. The highest BCUT2D eigenvalue weighted by Crippen LogP contribution is 2.36. The minimum atomic E-state index is -0.472. The van der Waals surface area contributed by atoms with Crippen LogP contribution in [0, 0.1) is 10.1 Å². The summed E-state index contributed by atoms with van der Waals surface area (Å²) in [4.78, 5) is 10.3. The van der Waals surface area contributed by atoms with Gasteiger partial charge in [0.1, 0.15) is 0 Å². The average Bonchev–Trinajstić information content (AvgIpc) is 2.55. The second-order valence-corrected chi connectivity index (χ2v) is 4.96. The van der Waals surface area contributed by atoms with Crippen LogP contribution in [0.25, 0.3) is 0 Å². The first kappa shape index (κ1) is 12.0. The zero-order valence-electron chi connectivity index (χ0n) is 8.23. The first-order chi connectivity index (χ1) is 7.61. The lowest BCUT2D eigenvalue weighted by atomic mass is 10.2. The average molecular weight is 355 g/mol. The molecule has 1 unspecified atom stereocenters. The fourth-order valence-corrected chi connectivity index (χ4v) is 3.05. The van der Waals surface area contributed by atoms with Crippen LogP contribution in [0.4, 0.5) is 5.69 Å². The molecule has 0 N–H and O–H groups in total. The molecule has 0 aromatic carbocycles. The van der Waals surface area contributed by atoms with Crippen LogP contribution < -0.4 is 0 Å². The molecule has 0 amide bonds. The van der Waals surface area contributed by atoms with Gasteiger partial charge in [0.05, 0.1) is 4.92 Å². The predicted molar refractivity (Wildman–Crippen MR) is 63.1 cm³/mol. The molecule has 0 radical (unpaired) electrons. The Labute approximate surface area is 108 Å². The van der Waals surface area contributed by atoms with Crippen molar-refractivity contribution in [1.82, 2.24) is 9.78 Å². The summed E-state index contributed by atoms with van der Waals surface area (Å²) in [7, 11) is 0. The number of nitrogens with zero attached hydrogens (tertiary/aromatic N) is 3. The summed E-state index contributed by atoms with van der Waals surface area (Å²) < 4.78 is 7.60. The summed E-state index contributed by atoms with van der Waals surface area (Å²) in [5.74, 6) is 0. The molecule has 8 heteroatoms. The van der Waals surface area contributed by atoms with Crippen LogP contribution in [0.15, 0.2) is 9.21 Å². The zero-order chi connectivity index (χ0) is 11.7. The van der Waals surface area contributed by atoms with Crippen molar-refractivity contribution in [3.63, 3.8) is 0 Å². The Morgan fingerprint density at radius 2 is 2.25 bits per heavy atom. The van der Waals surface area contributed by atoms with E-state index in [2.05, 4.69) is 37.0 Å². The number of rotatable bonds is 2. The predicted octanol–water partition coefficient (Wildman–Crippen LogP) is 3.02. The van der Waals surface area contributed by atoms with Crippen molar-refractivity contribution in [3.05, 3.63) is 19.3 Å². The molecular weight excluding hydrogens is 346 g/mol. The maximum Gasteiger partial charge on any atom is 0.335 e. The maximum absolute atomic E-state index is 10.8. The molecule has 1 fully saturated rings. The number of nitro groups is 1. The molecule has 0 bridgehead atoms. The van der Waals surface area contributed by atoms with Crippen molar-refractivity contribution in [1.29, 1.82) is 0 Å². The molecule has 0 spiro atoms. The van der Waals surface area contributed by atoms with Gasteiger partial charge in [0.15, 0.2) is 10.8 Å². The van der Waals surface area contributed by atoms with Gasteiger partial charge in [0.2, 0.25) is 4.60 Å². The Kier molecular flexibility index (Phi) is 3.60. The normalized spacial score (nSPS) is 21.0. The van der Waals surface area contributed by atoms with Gasteiger partial charge in [-0.3, -0.25) is 10.1 Å². The monoisotopic (exact) mass is 353 g/mol. The third-order valence-electron chi connectivity index (χ3n) is 2.40. The highest BCUT2D eigenvalue weighted by atomic mass is 79.9. The van der Waals surface area contributed by atoms with Gasteiger partial charge in [-0.25, -0.2) is 4.68 Å². The first-order valence-electron chi connectivity index (χ1n) is 4.80. The van der Waals surface area contributed by atoms with Gasteiger partial charge < -0.3 is 4.74 Å². The molecular formula is C8H9Br2N3O3. The van der Waals surface area contributed by atoms with Gasteiger partial charge in [-0.15, -0.1) is 0 Å². The van der Waals surface area contributed by atoms with E-state index in [0.717, 1.165) is 19.3 Å². The molecule has 1 atom stereocenters. The van der Waals surface area contributed by atoms with E-state index in [1.807, 2.05) is 0 Å². The Morgan fingerprint density at radius 1 is 1.50 bits per heavy atom. The lowest BCUT2D eigenvalue weighted by Crippen LogP contribution is -2.19. The van der Waals surface area contributed by atoms with E-state index in [-0.39, 0.29) is 16.5 Å². The molecule has 2 rings (SSSR count). The van der Waals surface area contributed by atoms with E-state index in [9.17, 15) is 10.1 Å². The van der Waals surface area contributed by atoms with Crippen molar-refractivity contribution >= 4 is 37.5 Å². The largest absolute Gasteiger partial charge is 0.356 e. The summed E-state index contributed by atoms with van der Waals surface area (Å²) in [5, 5.41) is 14.9. The topological polar surface area (TPSA) is 70.2 Å². The molecule has 6 nitrogen and oxygen atoms in total. The minimum absolute atomic E-state index is 0.0610. The molecule has 88 valence electrons. The highest BCUT2D eigenvalue weighted by Gasteiger charge is 2.29. The second kappa shape index (κ2) is 4.80. The lowest BCUT2D eigenvalue weighted by molar-refractivity contribution is -0.386. The molecule has 1 saturated heterocycles. The number of ether oxygens (including phenoxy) is 1. The van der Waals surface area contributed by atoms with E-state index in [1.165, 1.54) is 4.68 Å². The van der Waals surface area contributed by atoms with Gasteiger partial charge in [-0.1, -0.05) is 0 Å². The fourth-order valence-electron chi connectivity index (χ4n) is 1.64.